The van der Waals surface area contributed by atoms with Gasteiger partial charge in [-0.15, -0.1) is 0 Å². The molecule has 0 aliphatic heterocycles. The second-order valence-electron chi connectivity index (χ2n) is 5.76. The van der Waals surface area contributed by atoms with Crippen molar-refractivity contribution in [3.8, 4) is 11.5 Å². The van der Waals surface area contributed by atoms with Crippen LogP contribution in [0.4, 0.5) is 5.69 Å². The van der Waals surface area contributed by atoms with E-state index in [9.17, 15) is 9.59 Å². The van der Waals surface area contributed by atoms with Crippen LogP contribution in [-0.2, 0) is 0 Å². The Bertz CT molecular complexity index is 967. The summed E-state index contributed by atoms with van der Waals surface area (Å²) in [6, 6.07) is 20.7. The van der Waals surface area contributed by atoms with Crippen LogP contribution in [0.3, 0.4) is 0 Å². The van der Waals surface area contributed by atoms with Crippen LogP contribution in [0.5, 0.6) is 11.5 Å². The second kappa shape index (κ2) is 8.19. The van der Waals surface area contributed by atoms with Gasteiger partial charge in [0, 0.05) is 17.2 Å². The number of hydrogen-bond acceptors (Lipinski definition) is 4. The fourth-order valence-electron chi connectivity index (χ4n) is 2.73. The first kappa shape index (κ1) is 18.2. The molecule has 0 saturated heterocycles. The minimum Gasteiger partial charge on any atom is -0.497 e. The Kier molecular flexibility index (Phi) is 5.52. The molecule has 136 valence electrons. The van der Waals surface area contributed by atoms with E-state index < -0.39 is 5.91 Å². The zero-order valence-corrected chi connectivity index (χ0v) is 15.1. The summed E-state index contributed by atoms with van der Waals surface area (Å²) in [4.78, 5) is 25.7. The lowest BCUT2D eigenvalue weighted by Gasteiger charge is -2.13. The Morgan fingerprint density at radius 1 is 0.778 bits per heavy atom. The number of amides is 1. The van der Waals surface area contributed by atoms with Gasteiger partial charge in [0.2, 0.25) is 0 Å². The van der Waals surface area contributed by atoms with Crippen LogP contribution in [0.2, 0.25) is 0 Å². The van der Waals surface area contributed by atoms with E-state index in [1.807, 2.05) is 6.07 Å². The number of hydrogen-bond donors (Lipinski definition) is 1. The Balaban J connectivity index is 1.94. The maximum atomic E-state index is 12.9. The Morgan fingerprint density at radius 2 is 1.44 bits per heavy atom. The molecule has 0 aromatic heterocycles. The van der Waals surface area contributed by atoms with Crippen LogP contribution in [0, 0.1) is 0 Å². The lowest BCUT2D eigenvalue weighted by Crippen LogP contribution is -2.17. The van der Waals surface area contributed by atoms with Gasteiger partial charge in [0.25, 0.3) is 5.91 Å². The van der Waals surface area contributed by atoms with E-state index >= 15 is 0 Å². The van der Waals surface area contributed by atoms with Gasteiger partial charge in [-0.2, -0.15) is 0 Å². The van der Waals surface area contributed by atoms with Crippen molar-refractivity contribution >= 4 is 17.4 Å². The first-order valence-corrected chi connectivity index (χ1v) is 8.36. The first-order chi connectivity index (χ1) is 13.1. The number of benzene rings is 3. The molecule has 0 fully saturated rings. The largest absolute Gasteiger partial charge is 0.497 e. The Morgan fingerprint density at radius 3 is 2.11 bits per heavy atom. The normalized spacial score (nSPS) is 10.1. The van der Waals surface area contributed by atoms with E-state index in [0.717, 1.165) is 0 Å². The molecule has 0 atom stereocenters. The van der Waals surface area contributed by atoms with Crippen molar-refractivity contribution in [3.05, 3.63) is 89.5 Å². The zero-order chi connectivity index (χ0) is 19.2. The van der Waals surface area contributed by atoms with E-state index in [2.05, 4.69) is 5.32 Å². The summed E-state index contributed by atoms with van der Waals surface area (Å²) >= 11 is 0. The topological polar surface area (TPSA) is 64.6 Å². The average Bonchev–Trinajstić information content (AvgIpc) is 2.73. The molecule has 0 heterocycles. The van der Waals surface area contributed by atoms with Crippen molar-refractivity contribution in [3.63, 3.8) is 0 Å². The van der Waals surface area contributed by atoms with E-state index in [1.165, 1.54) is 7.11 Å². The summed E-state index contributed by atoms with van der Waals surface area (Å²) in [5.41, 5.74) is 1.61. The van der Waals surface area contributed by atoms with Gasteiger partial charge in [-0.05, 0) is 18.2 Å². The number of anilines is 1. The van der Waals surface area contributed by atoms with Gasteiger partial charge < -0.3 is 14.8 Å². The minimum atomic E-state index is -0.401. The summed E-state index contributed by atoms with van der Waals surface area (Å²) in [6.07, 6.45) is 0. The van der Waals surface area contributed by atoms with Gasteiger partial charge in [0.05, 0.1) is 25.5 Å². The van der Waals surface area contributed by atoms with Gasteiger partial charge in [-0.25, -0.2) is 0 Å². The highest BCUT2D eigenvalue weighted by molar-refractivity contribution is 6.17. The van der Waals surface area contributed by atoms with Crippen molar-refractivity contribution < 1.29 is 19.1 Å². The monoisotopic (exact) mass is 361 g/mol. The molecule has 0 aliphatic carbocycles. The smallest absolute Gasteiger partial charge is 0.256 e. The SMILES string of the molecule is COc1ccc(OC)c(NC(=O)c2ccccc2C(=O)c2ccccc2)c1. The van der Waals surface area contributed by atoms with Crippen molar-refractivity contribution in [1.29, 1.82) is 0 Å². The van der Waals surface area contributed by atoms with Crippen LogP contribution in [0.25, 0.3) is 0 Å². The molecule has 5 heteroatoms. The maximum Gasteiger partial charge on any atom is 0.256 e. The summed E-state index contributed by atoms with van der Waals surface area (Å²) in [7, 11) is 3.06. The predicted molar refractivity (Wildman–Crippen MR) is 104 cm³/mol. The number of ketones is 1. The number of rotatable bonds is 6. The summed E-state index contributed by atoms with van der Waals surface area (Å²) in [5.74, 6) is 0.469. The molecule has 0 unspecified atom stereocenters. The lowest BCUT2D eigenvalue weighted by molar-refractivity contribution is 0.0996. The quantitative estimate of drug-likeness (QED) is 0.669. The van der Waals surface area contributed by atoms with Crippen molar-refractivity contribution in [1.82, 2.24) is 0 Å². The highest BCUT2D eigenvalue weighted by Crippen LogP contribution is 2.29. The van der Waals surface area contributed by atoms with Crippen molar-refractivity contribution in [2.75, 3.05) is 19.5 Å². The molecule has 1 amide bonds. The molecule has 1 N–H and O–H groups in total. The van der Waals surface area contributed by atoms with Crippen molar-refractivity contribution in [2.45, 2.75) is 0 Å². The van der Waals surface area contributed by atoms with Gasteiger partial charge in [-0.3, -0.25) is 9.59 Å². The number of ether oxygens (including phenoxy) is 2. The van der Waals surface area contributed by atoms with Crippen LogP contribution in [0.1, 0.15) is 26.3 Å². The molecule has 0 aliphatic rings. The molecular weight excluding hydrogens is 342 g/mol. The number of carbonyl (C=O) groups is 2. The van der Waals surface area contributed by atoms with Gasteiger partial charge >= 0.3 is 0 Å². The van der Waals surface area contributed by atoms with Gasteiger partial charge in [-0.1, -0.05) is 48.5 Å². The third-order valence-electron chi connectivity index (χ3n) is 4.11. The molecule has 3 aromatic rings. The Hall–Kier alpha value is -3.60. The molecule has 5 nitrogen and oxygen atoms in total. The molecule has 3 rings (SSSR count). The predicted octanol–water partition coefficient (Wildman–Crippen LogP) is 4.19. The maximum absolute atomic E-state index is 12.9. The van der Waals surface area contributed by atoms with Crippen LogP contribution < -0.4 is 14.8 Å². The fraction of sp³-hybridized carbons (Fsp3) is 0.0909. The van der Waals surface area contributed by atoms with Crippen LogP contribution >= 0.6 is 0 Å². The summed E-state index contributed by atoms with van der Waals surface area (Å²) in [6.45, 7) is 0. The number of carbonyl (C=O) groups excluding carboxylic acids is 2. The zero-order valence-electron chi connectivity index (χ0n) is 15.1. The van der Waals surface area contributed by atoms with E-state index in [4.69, 9.17) is 9.47 Å². The fourth-order valence-corrected chi connectivity index (χ4v) is 2.73. The van der Waals surface area contributed by atoms with Gasteiger partial charge in [0.1, 0.15) is 11.5 Å². The van der Waals surface area contributed by atoms with E-state index in [-0.39, 0.29) is 11.3 Å². The Labute approximate surface area is 157 Å². The molecule has 27 heavy (non-hydrogen) atoms. The van der Waals surface area contributed by atoms with Gasteiger partial charge in [0.15, 0.2) is 5.78 Å². The number of nitrogens with one attached hydrogen (secondary N) is 1. The highest BCUT2D eigenvalue weighted by Gasteiger charge is 2.19. The van der Waals surface area contributed by atoms with Crippen molar-refractivity contribution in [2.24, 2.45) is 0 Å². The number of methoxy groups -OCH3 is 2. The second-order valence-corrected chi connectivity index (χ2v) is 5.76. The minimum absolute atomic E-state index is 0.209. The molecule has 0 bridgehead atoms. The third kappa shape index (κ3) is 3.98. The molecule has 3 aromatic carbocycles. The lowest BCUT2D eigenvalue weighted by atomic mass is 9.98. The molecule has 0 saturated carbocycles. The molecule has 0 radical (unpaired) electrons. The van der Waals surface area contributed by atoms with Crippen LogP contribution in [-0.4, -0.2) is 25.9 Å². The molecular formula is C22H19NO4. The van der Waals surface area contributed by atoms with E-state index in [1.54, 1.807) is 73.8 Å². The molecule has 0 spiro atoms. The standard InChI is InChI=1S/C22H19NO4/c1-26-16-12-13-20(27-2)19(14-16)23-22(25)18-11-7-6-10-17(18)21(24)15-8-4-3-5-9-15/h3-14H,1-2H3,(H,23,25). The highest BCUT2D eigenvalue weighted by atomic mass is 16.5. The summed E-state index contributed by atoms with van der Waals surface area (Å²) in [5, 5.41) is 2.80. The van der Waals surface area contributed by atoms with E-state index in [0.29, 0.717) is 28.3 Å². The first-order valence-electron chi connectivity index (χ1n) is 8.36. The average molecular weight is 361 g/mol. The summed E-state index contributed by atoms with van der Waals surface area (Å²) < 4.78 is 10.5. The third-order valence-corrected chi connectivity index (χ3v) is 4.11. The van der Waals surface area contributed by atoms with Crippen LogP contribution in [0.15, 0.2) is 72.8 Å².